The van der Waals surface area contributed by atoms with Gasteiger partial charge in [-0.05, 0) is 89.9 Å². The lowest BCUT2D eigenvalue weighted by Crippen LogP contribution is -2.43. The Hall–Kier alpha value is -3.79. The molecule has 1 saturated carbocycles. The van der Waals surface area contributed by atoms with E-state index in [1.807, 2.05) is 19.9 Å². The maximum Gasteiger partial charge on any atom is 0.265 e. The second-order valence-electron chi connectivity index (χ2n) is 11.7. The van der Waals surface area contributed by atoms with Crippen LogP contribution in [0.15, 0.2) is 36.5 Å². The molecule has 0 spiro atoms. The summed E-state index contributed by atoms with van der Waals surface area (Å²) in [6.07, 6.45) is 5.12. The molecule has 0 radical (unpaired) electrons. The van der Waals surface area contributed by atoms with Crippen molar-refractivity contribution in [2.24, 2.45) is 0 Å². The SMILES string of the molecule is CC(C)N1C(=O)COc2c(C3CC3)cc(-c3nc(Nc4ccc(N5CCC(N(C)C)CC5)c(F)c4)ncc3F)cc21. The number of carbonyl (C=O) groups is 1. The molecule has 8 nitrogen and oxygen atoms in total. The summed E-state index contributed by atoms with van der Waals surface area (Å²) < 4.78 is 36.2. The fraction of sp³-hybridized carbons (Fsp3) is 0.452. The van der Waals surface area contributed by atoms with Gasteiger partial charge in [0.2, 0.25) is 5.95 Å². The van der Waals surface area contributed by atoms with Gasteiger partial charge in [0.15, 0.2) is 12.4 Å². The molecule has 216 valence electrons. The Balaban J connectivity index is 1.28. The quantitative estimate of drug-likeness (QED) is 0.396. The van der Waals surface area contributed by atoms with Gasteiger partial charge in [0.25, 0.3) is 5.91 Å². The topological polar surface area (TPSA) is 73.8 Å². The Morgan fingerprint density at radius 1 is 1.02 bits per heavy atom. The monoisotopic (exact) mass is 562 g/mol. The molecule has 41 heavy (non-hydrogen) atoms. The Bertz CT molecular complexity index is 1470. The van der Waals surface area contributed by atoms with E-state index in [2.05, 4.69) is 39.2 Å². The number of benzene rings is 2. The third-order valence-electron chi connectivity index (χ3n) is 8.26. The van der Waals surface area contributed by atoms with Crippen LogP contribution in [0.2, 0.25) is 0 Å². The van der Waals surface area contributed by atoms with Crippen molar-refractivity contribution < 1.29 is 18.3 Å². The molecule has 0 atom stereocenters. The predicted molar refractivity (Wildman–Crippen MR) is 156 cm³/mol. The molecule has 6 rings (SSSR count). The molecule has 0 bridgehead atoms. The highest BCUT2D eigenvalue weighted by Gasteiger charge is 2.35. The van der Waals surface area contributed by atoms with E-state index in [1.165, 1.54) is 6.07 Å². The van der Waals surface area contributed by atoms with Crippen LogP contribution >= 0.6 is 0 Å². The van der Waals surface area contributed by atoms with Crippen LogP contribution in [0.3, 0.4) is 0 Å². The molecule has 3 heterocycles. The highest BCUT2D eigenvalue weighted by Crippen LogP contribution is 2.50. The Morgan fingerprint density at radius 3 is 2.44 bits per heavy atom. The Morgan fingerprint density at radius 2 is 1.78 bits per heavy atom. The van der Waals surface area contributed by atoms with Crippen molar-refractivity contribution >= 4 is 28.9 Å². The highest BCUT2D eigenvalue weighted by molar-refractivity contribution is 5.99. The number of anilines is 4. The number of hydrogen-bond donors (Lipinski definition) is 1. The zero-order valence-electron chi connectivity index (χ0n) is 24.0. The normalized spacial score (nSPS) is 17.7. The lowest BCUT2D eigenvalue weighted by atomic mass is 9.99. The van der Waals surface area contributed by atoms with Crippen LogP contribution in [0, 0.1) is 11.6 Å². The first-order valence-electron chi connectivity index (χ1n) is 14.3. The number of nitrogens with zero attached hydrogens (tertiary/aromatic N) is 5. The van der Waals surface area contributed by atoms with E-state index in [9.17, 15) is 4.79 Å². The molecule has 3 aliphatic rings. The molecule has 2 aliphatic heterocycles. The van der Waals surface area contributed by atoms with Gasteiger partial charge in [-0.3, -0.25) is 4.79 Å². The van der Waals surface area contributed by atoms with Crippen LogP contribution in [-0.4, -0.2) is 66.7 Å². The molecule has 3 aromatic rings. The molecule has 1 aromatic heterocycles. The van der Waals surface area contributed by atoms with E-state index < -0.39 is 5.82 Å². The molecule has 0 unspecified atom stereocenters. The summed E-state index contributed by atoms with van der Waals surface area (Å²) in [6, 6.07) is 9.08. The number of rotatable bonds is 7. The number of halogens is 2. The van der Waals surface area contributed by atoms with Gasteiger partial charge in [-0.1, -0.05) is 0 Å². The maximum absolute atomic E-state index is 15.2. The summed E-state index contributed by atoms with van der Waals surface area (Å²) in [6.45, 7) is 5.47. The van der Waals surface area contributed by atoms with E-state index in [0.29, 0.717) is 40.3 Å². The van der Waals surface area contributed by atoms with Crippen molar-refractivity contribution in [3.63, 3.8) is 0 Å². The fourth-order valence-corrected chi connectivity index (χ4v) is 5.93. The molecular weight excluding hydrogens is 526 g/mol. The average Bonchev–Trinajstić information content (AvgIpc) is 3.79. The van der Waals surface area contributed by atoms with E-state index in [4.69, 9.17) is 4.74 Å². The third kappa shape index (κ3) is 5.45. The minimum absolute atomic E-state index is 0.0100. The van der Waals surface area contributed by atoms with Crippen molar-refractivity contribution in [3.8, 4) is 17.0 Å². The molecular formula is C31H36F2N6O2. The van der Waals surface area contributed by atoms with Crippen LogP contribution < -0.4 is 19.9 Å². The Labute approximate surface area is 239 Å². The van der Waals surface area contributed by atoms with Crippen LogP contribution in [0.4, 0.5) is 31.8 Å². The van der Waals surface area contributed by atoms with Crippen LogP contribution in [0.1, 0.15) is 51.0 Å². The standard InChI is InChI=1S/C31H36F2N6O2/c1-18(2)39-27-14-20(13-23(19-5-6-19)30(27)41-17-28(39)40)29-25(33)16-34-31(36-29)35-21-7-8-26(24(32)15-21)38-11-9-22(10-12-38)37(3)4/h7-8,13-16,18-19,22H,5-6,9-12,17H2,1-4H3,(H,34,35,36). The number of nitrogens with one attached hydrogen (secondary N) is 1. The molecule has 1 amide bonds. The van der Waals surface area contributed by atoms with Crippen LogP contribution in [0.25, 0.3) is 11.3 Å². The van der Waals surface area contributed by atoms with Crippen molar-refractivity contribution in [3.05, 3.63) is 53.7 Å². The lowest BCUT2D eigenvalue weighted by molar-refractivity contribution is -0.121. The van der Waals surface area contributed by atoms with Gasteiger partial charge >= 0.3 is 0 Å². The van der Waals surface area contributed by atoms with Crippen molar-refractivity contribution in [2.75, 3.05) is 48.9 Å². The number of aromatic nitrogens is 2. The fourth-order valence-electron chi connectivity index (χ4n) is 5.93. The lowest BCUT2D eigenvalue weighted by Gasteiger charge is -2.36. The summed E-state index contributed by atoms with van der Waals surface area (Å²) in [5, 5.41) is 3.04. The smallest absolute Gasteiger partial charge is 0.265 e. The minimum Gasteiger partial charge on any atom is -0.481 e. The average molecular weight is 563 g/mol. The molecule has 2 aromatic carbocycles. The van der Waals surface area contributed by atoms with Gasteiger partial charge in [-0.2, -0.15) is 0 Å². The largest absolute Gasteiger partial charge is 0.481 e. The molecule has 1 saturated heterocycles. The second-order valence-corrected chi connectivity index (χ2v) is 11.7. The predicted octanol–water partition coefficient (Wildman–Crippen LogP) is 5.71. The number of fused-ring (bicyclic) bond motifs is 1. The van der Waals surface area contributed by atoms with Gasteiger partial charge in [0.05, 0.1) is 17.6 Å². The third-order valence-corrected chi connectivity index (χ3v) is 8.26. The van der Waals surface area contributed by atoms with Crippen molar-refractivity contribution in [1.82, 2.24) is 14.9 Å². The highest BCUT2D eigenvalue weighted by atomic mass is 19.1. The first-order valence-corrected chi connectivity index (χ1v) is 14.3. The van der Waals surface area contributed by atoms with Gasteiger partial charge in [0.1, 0.15) is 17.3 Å². The number of hydrogen-bond acceptors (Lipinski definition) is 7. The molecule has 2 fully saturated rings. The zero-order chi connectivity index (χ0) is 28.8. The summed E-state index contributed by atoms with van der Waals surface area (Å²) >= 11 is 0. The second kappa shape index (κ2) is 10.9. The van der Waals surface area contributed by atoms with E-state index >= 15 is 8.78 Å². The van der Waals surface area contributed by atoms with Crippen LogP contribution in [-0.2, 0) is 4.79 Å². The molecule has 1 N–H and O–H groups in total. The number of carbonyl (C=O) groups excluding carboxylic acids is 1. The number of amides is 1. The van der Waals surface area contributed by atoms with Gasteiger partial charge in [-0.25, -0.2) is 18.7 Å². The van der Waals surface area contributed by atoms with E-state index in [1.54, 1.807) is 23.1 Å². The van der Waals surface area contributed by atoms with E-state index in [-0.39, 0.29) is 36.0 Å². The number of ether oxygens (including phenoxy) is 1. The molecule has 10 heteroatoms. The number of piperidine rings is 1. The summed E-state index contributed by atoms with van der Waals surface area (Å²) in [5.41, 5.74) is 3.29. The Kier molecular flexibility index (Phi) is 7.27. The zero-order valence-corrected chi connectivity index (χ0v) is 24.0. The minimum atomic E-state index is -0.584. The van der Waals surface area contributed by atoms with Crippen molar-refractivity contribution in [2.45, 2.75) is 57.5 Å². The van der Waals surface area contributed by atoms with Gasteiger partial charge < -0.3 is 24.8 Å². The van der Waals surface area contributed by atoms with E-state index in [0.717, 1.165) is 50.5 Å². The summed E-state index contributed by atoms with van der Waals surface area (Å²) in [4.78, 5) is 27.3. The molecule has 1 aliphatic carbocycles. The first-order chi connectivity index (χ1) is 19.7. The van der Waals surface area contributed by atoms with Crippen molar-refractivity contribution in [1.29, 1.82) is 0 Å². The first kappa shape index (κ1) is 27.4. The van der Waals surface area contributed by atoms with Gasteiger partial charge in [-0.15, -0.1) is 0 Å². The summed E-state index contributed by atoms with van der Waals surface area (Å²) in [5.74, 6) is 0.105. The summed E-state index contributed by atoms with van der Waals surface area (Å²) in [7, 11) is 4.16. The maximum atomic E-state index is 15.2. The van der Waals surface area contributed by atoms with Gasteiger partial charge in [0, 0.05) is 42.0 Å². The van der Waals surface area contributed by atoms with Crippen LogP contribution in [0.5, 0.6) is 5.75 Å².